The van der Waals surface area contributed by atoms with E-state index >= 15 is 0 Å². The molecule has 3 saturated heterocycles. The van der Waals surface area contributed by atoms with E-state index in [2.05, 4.69) is 0 Å². The first-order chi connectivity index (χ1) is 10.5. The maximum absolute atomic E-state index is 12.0. The van der Waals surface area contributed by atoms with E-state index in [9.17, 15) is 14.7 Å². The van der Waals surface area contributed by atoms with Gasteiger partial charge in [0.15, 0.2) is 18.2 Å². The lowest BCUT2D eigenvalue weighted by Crippen LogP contribution is -2.52. The minimum atomic E-state index is -1.32. The zero-order chi connectivity index (χ0) is 15.6. The number of aliphatic hydroxyl groups is 1. The molecule has 7 nitrogen and oxygen atoms in total. The summed E-state index contributed by atoms with van der Waals surface area (Å²) in [6.07, 6.45) is 2.59. The molecule has 0 bridgehead atoms. The highest BCUT2D eigenvalue weighted by Crippen LogP contribution is 2.59. The van der Waals surface area contributed by atoms with Crippen molar-refractivity contribution in [1.82, 2.24) is 0 Å². The van der Waals surface area contributed by atoms with Crippen molar-refractivity contribution in [1.29, 1.82) is 0 Å². The van der Waals surface area contributed by atoms with Crippen LogP contribution in [0.5, 0.6) is 0 Å². The standard InChI is InChI=1S/C15H16O7/c1-3-6-10-15(22-11(6)16)5-4-7-8(12(17)19-2)13(18)21-14(20-10)9(7)15/h3-5,7-10,13-14,18H,1-2H3/b6-3+/t7-,8-,9-,10+,13+,14+,15-/m1/s1. The van der Waals surface area contributed by atoms with Gasteiger partial charge in [-0.15, -0.1) is 0 Å². The van der Waals surface area contributed by atoms with Crippen molar-refractivity contribution in [2.24, 2.45) is 17.8 Å². The second kappa shape index (κ2) is 4.41. The van der Waals surface area contributed by atoms with E-state index in [-0.39, 0.29) is 11.8 Å². The molecule has 4 aliphatic rings. The molecule has 1 aliphatic carbocycles. The van der Waals surface area contributed by atoms with E-state index in [0.717, 1.165) is 0 Å². The zero-order valence-electron chi connectivity index (χ0n) is 12.1. The van der Waals surface area contributed by atoms with Gasteiger partial charge in [-0.05, 0) is 13.0 Å². The van der Waals surface area contributed by atoms with Crippen molar-refractivity contribution in [3.05, 3.63) is 23.8 Å². The molecule has 7 atom stereocenters. The van der Waals surface area contributed by atoms with Crippen molar-refractivity contribution in [3.8, 4) is 0 Å². The van der Waals surface area contributed by atoms with Gasteiger partial charge in [-0.3, -0.25) is 4.79 Å². The summed E-state index contributed by atoms with van der Waals surface area (Å²) in [4.78, 5) is 24.0. The largest absolute Gasteiger partial charge is 0.469 e. The van der Waals surface area contributed by atoms with E-state index in [0.29, 0.717) is 5.57 Å². The van der Waals surface area contributed by atoms with Crippen LogP contribution in [0.2, 0.25) is 0 Å². The zero-order valence-corrected chi connectivity index (χ0v) is 12.1. The third-order valence-corrected chi connectivity index (χ3v) is 5.06. The fourth-order valence-electron chi connectivity index (χ4n) is 4.12. The van der Waals surface area contributed by atoms with E-state index in [4.69, 9.17) is 18.9 Å². The highest BCUT2D eigenvalue weighted by atomic mass is 16.8. The molecule has 0 radical (unpaired) electrons. The lowest BCUT2D eigenvalue weighted by Gasteiger charge is -2.39. The number of hydrogen-bond acceptors (Lipinski definition) is 7. The molecule has 3 fully saturated rings. The molecule has 0 aromatic heterocycles. The van der Waals surface area contributed by atoms with Crippen LogP contribution in [0.3, 0.4) is 0 Å². The average molecular weight is 308 g/mol. The first kappa shape index (κ1) is 13.9. The Morgan fingerprint density at radius 3 is 2.91 bits per heavy atom. The minimum absolute atomic E-state index is 0.366. The van der Waals surface area contributed by atoms with Crippen molar-refractivity contribution in [3.63, 3.8) is 0 Å². The molecular weight excluding hydrogens is 292 g/mol. The fraction of sp³-hybridized carbons (Fsp3) is 0.600. The third kappa shape index (κ3) is 1.46. The number of ether oxygens (including phenoxy) is 4. The minimum Gasteiger partial charge on any atom is -0.469 e. The Morgan fingerprint density at radius 2 is 2.23 bits per heavy atom. The molecule has 3 heterocycles. The molecule has 118 valence electrons. The maximum atomic E-state index is 12.0. The number of allylic oxidation sites excluding steroid dienone is 2. The van der Waals surface area contributed by atoms with Crippen LogP contribution in [0.4, 0.5) is 0 Å². The Morgan fingerprint density at radius 1 is 1.45 bits per heavy atom. The van der Waals surface area contributed by atoms with Crippen LogP contribution in [0.15, 0.2) is 23.8 Å². The summed E-state index contributed by atoms with van der Waals surface area (Å²) in [5, 5.41) is 10.1. The lowest BCUT2D eigenvalue weighted by molar-refractivity contribution is -0.284. The molecule has 22 heavy (non-hydrogen) atoms. The molecule has 1 spiro atoms. The number of carbonyl (C=O) groups is 2. The topological polar surface area (TPSA) is 91.3 Å². The number of rotatable bonds is 1. The number of methoxy groups -OCH3 is 1. The van der Waals surface area contributed by atoms with Gasteiger partial charge < -0.3 is 24.1 Å². The monoisotopic (exact) mass is 308 g/mol. The average Bonchev–Trinajstić information content (AvgIpc) is 3.07. The van der Waals surface area contributed by atoms with Gasteiger partial charge in [0.1, 0.15) is 12.0 Å². The van der Waals surface area contributed by atoms with Gasteiger partial charge >= 0.3 is 11.9 Å². The Kier molecular flexibility index (Phi) is 2.79. The van der Waals surface area contributed by atoms with Gasteiger partial charge in [-0.2, -0.15) is 0 Å². The molecule has 0 amide bonds. The lowest BCUT2D eigenvalue weighted by atomic mass is 9.75. The van der Waals surface area contributed by atoms with Crippen LogP contribution in [0.1, 0.15) is 6.92 Å². The smallest absolute Gasteiger partial charge is 0.337 e. The molecular formula is C15H16O7. The van der Waals surface area contributed by atoms with Crippen LogP contribution in [-0.2, 0) is 28.5 Å². The molecule has 4 rings (SSSR count). The Hall–Kier alpha value is -1.70. The molecule has 0 aromatic rings. The summed E-state index contributed by atoms with van der Waals surface area (Å²) >= 11 is 0. The second-order valence-electron chi connectivity index (χ2n) is 5.91. The van der Waals surface area contributed by atoms with Gasteiger partial charge in [0.2, 0.25) is 0 Å². The van der Waals surface area contributed by atoms with Gasteiger partial charge in [0, 0.05) is 5.92 Å². The third-order valence-electron chi connectivity index (χ3n) is 5.06. The quantitative estimate of drug-likeness (QED) is 0.410. The van der Waals surface area contributed by atoms with Gasteiger partial charge in [-0.25, -0.2) is 4.79 Å². The van der Waals surface area contributed by atoms with Crippen LogP contribution in [0.25, 0.3) is 0 Å². The number of aliphatic hydroxyl groups excluding tert-OH is 1. The first-order valence-corrected chi connectivity index (χ1v) is 7.19. The Bertz CT molecular complexity index is 609. The highest BCUT2D eigenvalue weighted by Gasteiger charge is 2.72. The normalized spacial score (nSPS) is 50.0. The number of esters is 2. The van der Waals surface area contributed by atoms with E-state index in [1.54, 1.807) is 25.2 Å². The van der Waals surface area contributed by atoms with Crippen molar-refractivity contribution in [2.75, 3.05) is 7.11 Å². The molecule has 0 saturated carbocycles. The summed E-state index contributed by atoms with van der Waals surface area (Å²) in [5.74, 6) is -2.58. The van der Waals surface area contributed by atoms with Crippen molar-refractivity contribution in [2.45, 2.75) is 31.2 Å². The van der Waals surface area contributed by atoms with Crippen LogP contribution < -0.4 is 0 Å². The highest BCUT2D eigenvalue weighted by molar-refractivity contribution is 5.93. The van der Waals surface area contributed by atoms with E-state index < -0.39 is 42.1 Å². The van der Waals surface area contributed by atoms with Gasteiger partial charge in [-0.1, -0.05) is 12.2 Å². The second-order valence-corrected chi connectivity index (χ2v) is 5.91. The van der Waals surface area contributed by atoms with Crippen molar-refractivity contribution < 1.29 is 33.6 Å². The van der Waals surface area contributed by atoms with E-state index in [1.165, 1.54) is 7.11 Å². The maximum Gasteiger partial charge on any atom is 0.337 e. The summed E-state index contributed by atoms with van der Waals surface area (Å²) in [6, 6.07) is 0. The SMILES string of the molecule is C/C=C1/C(=O)O[C@@]23C=C[C@@H]4[C@H](C(=O)OC)[C@@H](O)O[C@H](O[C@@H]12)[C@@H]43. The van der Waals surface area contributed by atoms with Gasteiger partial charge in [0.05, 0.1) is 18.6 Å². The first-order valence-electron chi connectivity index (χ1n) is 7.19. The number of hydrogen-bond donors (Lipinski definition) is 1. The molecule has 1 N–H and O–H groups in total. The Balaban J connectivity index is 1.76. The predicted molar refractivity (Wildman–Crippen MR) is 70.0 cm³/mol. The molecule has 0 unspecified atom stereocenters. The molecule has 3 aliphatic heterocycles. The van der Waals surface area contributed by atoms with Gasteiger partial charge in [0.25, 0.3) is 0 Å². The Labute approximate surface area is 126 Å². The number of carbonyl (C=O) groups excluding carboxylic acids is 2. The van der Waals surface area contributed by atoms with Crippen LogP contribution in [0, 0.1) is 17.8 Å². The van der Waals surface area contributed by atoms with Crippen molar-refractivity contribution >= 4 is 11.9 Å². The molecule has 0 aromatic carbocycles. The van der Waals surface area contributed by atoms with Crippen LogP contribution >= 0.6 is 0 Å². The molecule has 7 heteroatoms. The summed E-state index contributed by atoms with van der Waals surface area (Å²) in [5.41, 5.74) is -0.520. The van der Waals surface area contributed by atoms with Crippen LogP contribution in [-0.4, -0.2) is 48.4 Å². The predicted octanol–water partition coefficient (Wildman–Crippen LogP) is -0.107. The summed E-state index contributed by atoms with van der Waals surface area (Å²) < 4.78 is 21.6. The summed E-state index contributed by atoms with van der Waals surface area (Å²) in [6.45, 7) is 1.74. The van der Waals surface area contributed by atoms with E-state index in [1.807, 2.05) is 0 Å². The summed E-state index contributed by atoms with van der Waals surface area (Å²) in [7, 11) is 1.26. The fourth-order valence-corrected chi connectivity index (χ4v) is 4.12.